The average Bonchev–Trinajstić information content (AvgIpc) is 2.39. The first-order valence-electron chi connectivity index (χ1n) is 5.75. The molecule has 1 aromatic carbocycles. The van der Waals surface area contributed by atoms with Crippen molar-refractivity contribution in [1.29, 1.82) is 0 Å². The van der Waals surface area contributed by atoms with Crippen LogP contribution in [0.3, 0.4) is 0 Å². The third-order valence-electron chi connectivity index (χ3n) is 2.77. The first kappa shape index (κ1) is 13.5. The number of pyridine rings is 1. The molecule has 1 aromatic heterocycles. The molecule has 0 radical (unpaired) electrons. The summed E-state index contributed by atoms with van der Waals surface area (Å²) < 4.78 is 38.9. The number of aliphatic hydroxyl groups is 1. The van der Waals surface area contributed by atoms with E-state index in [9.17, 15) is 13.2 Å². The number of aliphatic hydroxyl groups excluding tert-OH is 1. The van der Waals surface area contributed by atoms with E-state index >= 15 is 0 Å². The standard InChI is InChI=1S/C14H12F3NO/c15-14(16,17)12-6-3-8-18-13(12)11-5-2-1-4-10(11)7-9-19/h1-6,8,19H,7,9H2. The molecule has 1 heterocycles. The molecule has 2 aromatic rings. The van der Waals surface area contributed by atoms with Crippen LogP contribution in [-0.2, 0) is 12.6 Å². The highest BCUT2D eigenvalue weighted by Crippen LogP contribution is 2.36. The molecular weight excluding hydrogens is 255 g/mol. The van der Waals surface area contributed by atoms with E-state index in [4.69, 9.17) is 5.11 Å². The first-order chi connectivity index (χ1) is 9.04. The minimum Gasteiger partial charge on any atom is -0.396 e. The largest absolute Gasteiger partial charge is 0.418 e. The number of hydrogen-bond donors (Lipinski definition) is 1. The second-order valence-electron chi connectivity index (χ2n) is 4.03. The van der Waals surface area contributed by atoms with Crippen molar-refractivity contribution in [2.24, 2.45) is 0 Å². The van der Waals surface area contributed by atoms with E-state index in [0.29, 0.717) is 17.5 Å². The van der Waals surface area contributed by atoms with Crippen molar-refractivity contribution in [2.75, 3.05) is 6.61 Å². The van der Waals surface area contributed by atoms with Gasteiger partial charge in [-0.25, -0.2) is 0 Å². The molecule has 0 aliphatic heterocycles. The van der Waals surface area contributed by atoms with E-state index in [1.165, 1.54) is 12.3 Å². The van der Waals surface area contributed by atoms with Crippen LogP contribution in [0.1, 0.15) is 11.1 Å². The van der Waals surface area contributed by atoms with Gasteiger partial charge in [0.15, 0.2) is 0 Å². The van der Waals surface area contributed by atoms with Gasteiger partial charge in [-0.2, -0.15) is 13.2 Å². The van der Waals surface area contributed by atoms with Gasteiger partial charge in [-0.15, -0.1) is 0 Å². The van der Waals surface area contributed by atoms with Gasteiger partial charge in [0, 0.05) is 18.4 Å². The van der Waals surface area contributed by atoms with E-state index in [-0.39, 0.29) is 12.3 Å². The lowest BCUT2D eigenvalue weighted by molar-refractivity contribution is -0.137. The van der Waals surface area contributed by atoms with E-state index in [1.54, 1.807) is 24.3 Å². The molecular formula is C14H12F3NO. The van der Waals surface area contributed by atoms with Gasteiger partial charge >= 0.3 is 6.18 Å². The molecule has 1 N–H and O–H groups in total. The minimum absolute atomic E-state index is 0.0981. The molecule has 0 aliphatic rings. The number of aromatic nitrogens is 1. The number of alkyl halides is 3. The van der Waals surface area contributed by atoms with Gasteiger partial charge in [0.1, 0.15) is 0 Å². The molecule has 0 amide bonds. The molecule has 2 rings (SSSR count). The molecule has 0 atom stereocenters. The van der Waals surface area contributed by atoms with Crippen LogP contribution in [0, 0.1) is 0 Å². The number of nitrogens with zero attached hydrogens (tertiary/aromatic N) is 1. The summed E-state index contributed by atoms with van der Waals surface area (Å²) in [6.45, 7) is -0.120. The van der Waals surface area contributed by atoms with E-state index in [0.717, 1.165) is 6.07 Å². The average molecular weight is 267 g/mol. The van der Waals surface area contributed by atoms with Crippen LogP contribution in [0.4, 0.5) is 13.2 Å². The molecule has 2 nitrogen and oxygen atoms in total. The SMILES string of the molecule is OCCc1ccccc1-c1ncccc1C(F)(F)F. The molecule has 0 spiro atoms. The van der Waals surface area contributed by atoms with Gasteiger partial charge in [-0.05, 0) is 24.1 Å². The first-order valence-corrected chi connectivity index (χ1v) is 5.75. The Bertz CT molecular complexity index is 567. The Morgan fingerprint density at radius 1 is 1.05 bits per heavy atom. The zero-order chi connectivity index (χ0) is 13.9. The summed E-state index contributed by atoms with van der Waals surface area (Å²) in [7, 11) is 0. The lowest BCUT2D eigenvalue weighted by atomic mass is 9.98. The van der Waals surface area contributed by atoms with Gasteiger partial charge in [0.25, 0.3) is 0 Å². The number of benzene rings is 1. The normalized spacial score (nSPS) is 11.6. The summed E-state index contributed by atoms with van der Waals surface area (Å²) in [6, 6.07) is 8.94. The number of halogens is 3. The van der Waals surface area contributed by atoms with Gasteiger partial charge in [-0.1, -0.05) is 24.3 Å². The van der Waals surface area contributed by atoms with Crippen molar-refractivity contribution in [3.63, 3.8) is 0 Å². The van der Waals surface area contributed by atoms with Crippen molar-refractivity contribution < 1.29 is 18.3 Å². The van der Waals surface area contributed by atoms with Gasteiger partial charge < -0.3 is 5.11 Å². The smallest absolute Gasteiger partial charge is 0.396 e. The summed E-state index contributed by atoms with van der Waals surface area (Å²) in [6.07, 6.45) is -2.82. The van der Waals surface area contributed by atoms with Crippen LogP contribution in [0.15, 0.2) is 42.6 Å². The topological polar surface area (TPSA) is 33.1 Å². The fourth-order valence-electron chi connectivity index (χ4n) is 1.94. The van der Waals surface area contributed by atoms with Crippen molar-refractivity contribution in [3.8, 4) is 11.3 Å². The lowest BCUT2D eigenvalue weighted by Gasteiger charge is -2.14. The molecule has 0 fully saturated rings. The third kappa shape index (κ3) is 2.93. The Kier molecular flexibility index (Phi) is 3.85. The minimum atomic E-state index is -4.45. The monoisotopic (exact) mass is 267 g/mol. The van der Waals surface area contributed by atoms with Crippen molar-refractivity contribution in [2.45, 2.75) is 12.6 Å². The molecule has 19 heavy (non-hydrogen) atoms. The maximum Gasteiger partial charge on any atom is 0.418 e. The fourth-order valence-corrected chi connectivity index (χ4v) is 1.94. The summed E-state index contributed by atoms with van der Waals surface area (Å²) in [5.74, 6) is 0. The van der Waals surface area contributed by atoms with Gasteiger partial charge in [0.05, 0.1) is 11.3 Å². The van der Waals surface area contributed by atoms with Crippen molar-refractivity contribution in [3.05, 3.63) is 53.7 Å². The summed E-state index contributed by atoms with van der Waals surface area (Å²) in [4.78, 5) is 3.86. The second-order valence-corrected chi connectivity index (χ2v) is 4.03. The molecule has 5 heteroatoms. The highest BCUT2D eigenvalue weighted by molar-refractivity contribution is 5.67. The molecule has 0 aliphatic carbocycles. The zero-order valence-corrected chi connectivity index (χ0v) is 9.98. The summed E-state index contributed by atoms with van der Waals surface area (Å²) in [5.41, 5.74) is 0.193. The molecule has 100 valence electrons. The highest BCUT2D eigenvalue weighted by atomic mass is 19.4. The molecule has 0 saturated heterocycles. The van der Waals surface area contributed by atoms with Crippen LogP contribution in [-0.4, -0.2) is 16.7 Å². The third-order valence-corrected chi connectivity index (χ3v) is 2.77. The summed E-state index contributed by atoms with van der Waals surface area (Å²) in [5, 5.41) is 8.98. The Balaban J connectivity index is 2.60. The van der Waals surface area contributed by atoms with Crippen LogP contribution < -0.4 is 0 Å². The van der Waals surface area contributed by atoms with Crippen LogP contribution in [0.25, 0.3) is 11.3 Å². The Morgan fingerprint density at radius 2 is 1.79 bits per heavy atom. The Hall–Kier alpha value is -1.88. The maximum absolute atomic E-state index is 13.0. The lowest BCUT2D eigenvalue weighted by Crippen LogP contribution is -2.09. The maximum atomic E-state index is 13.0. The Labute approximate surface area is 108 Å². The van der Waals surface area contributed by atoms with E-state index in [1.807, 2.05) is 0 Å². The zero-order valence-electron chi connectivity index (χ0n) is 9.98. The molecule has 0 unspecified atom stereocenters. The predicted molar refractivity (Wildman–Crippen MR) is 65.5 cm³/mol. The number of rotatable bonds is 3. The van der Waals surface area contributed by atoms with E-state index in [2.05, 4.69) is 4.98 Å². The fraction of sp³-hybridized carbons (Fsp3) is 0.214. The van der Waals surface area contributed by atoms with Crippen LogP contribution in [0.2, 0.25) is 0 Å². The van der Waals surface area contributed by atoms with Crippen LogP contribution >= 0.6 is 0 Å². The van der Waals surface area contributed by atoms with Crippen LogP contribution in [0.5, 0.6) is 0 Å². The van der Waals surface area contributed by atoms with Gasteiger partial charge in [-0.3, -0.25) is 4.98 Å². The summed E-state index contributed by atoms with van der Waals surface area (Å²) >= 11 is 0. The van der Waals surface area contributed by atoms with Gasteiger partial charge in [0.2, 0.25) is 0 Å². The number of hydrogen-bond acceptors (Lipinski definition) is 2. The van der Waals surface area contributed by atoms with Crippen molar-refractivity contribution in [1.82, 2.24) is 4.98 Å². The van der Waals surface area contributed by atoms with Crippen molar-refractivity contribution >= 4 is 0 Å². The predicted octanol–water partition coefficient (Wildman–Crippen LogP) is 3.30. The molecule has 0 saturated carbocycles. The highest BCUT2D eigenvalue weighted by Gasteiger charge is 2.34. The molecule has 0 bridgehead atoms. The van der Waals surface area contributed by atoms with E-state index < -0.39 is 11.7 Å². The Morgan fingerprint density at radius 3 is 2.47 bits per heavy atom. The quantitative estimate of drug-likeness (QED) is 0.925. The second kappa shape index (κ2) is 5.40.